The standard InChI is InChI=1S/C19H18ClNO2/c1-2-17(13-7-9-16(20)10-8-13)21-19(22)15-11-14-5-3-4-6-18(14)23-12-15/h3-11,17H,2,12H2,1H3,(H,21,22). The van der Waals surface area contributed by atoms with Gasteiger partial charge in [0.05, 0.1) is 11.6 Å². The lowest BCUT2D eigenvalue weighted by molar-refractivity contribution is -0.118. The number of fused-ring (bicyclic) bond motifs is 1. The number of hydrogen-bond donors (Lipinski definition) is 1. The molecule has 0 aromatic heterocycles. The maximum Gasteiger partial charge on any atom is 0.251 e. The monoisotopic (exact) mass is 327 g/mol. The molecule has 1 heterocycles. The molecule has 4 heteroatoms. The van der Waals surface area contributed by atoms with Crippen LogP contribution in [-0.2, 0) is 4.79 Å². The zero-order valence-electron chi connectivity index (χ0n) is 12.9. The Kier molecular flexibility index (Phi) is 4.68. The van der Waals surface area contributed by atoms with Gasteiger partial charge >= 0.3 is 0 Å². The van der Waals surface area contributed by atoms with Crippen LogP contribution in [0.3, 0.4) is 0 Å². The minimum absolute atomic E-state index is 0.0437. The van der Waals surface area contributed by atoms with E-state index >= 15 is 0 Å². The Morgan fingerprint density at radius 3 is 2.70 bits per heavy atom. The van der Waals surface area contributed by atoms with E-state index in [1.165, 1.54) is 0 Å². The van der Waals surface area contributed by atoms with Crippen LogP contribution in [0.2, 0.25) is 5.02 Å². The van der Waals surface area contributed by atoms with Crippen LogP contribution >= 0.6 is 11.6 Å². The van der Waals surface area contributed by atoms with Crippen molar-refractivity contribution in [1.82, 2.24) is 5.32 Å². The third-order valence-corrected chi connectivity index (χ3v) is 4.16. The average molecular weight is 328 g/mol. The molecule has 1 N–H and O–H groups in total. The van der Waals surface area contributed by atoms with E-state index in [1.54, 1.807) is 0 Å². The molecular weight excluding hydrogens is 310 g/mol. The lowest BCUT2D eigenvalue weighted by Crippen LogP contribution is -2.31. The number of para-hydroxylation sites is 1. The van der Waals surface area contributed by atoms with Crippen molar-refractivity contribution < 1.29 is 9.53 Å². The summed E-state index contributed by atoms with van der Waals surface area (Å²) in [6, 6.07) is 15.2. The summed E-state index contributed by atoms with van der Waals surface area (Å²) in [6.07, 6.45) is 2.70. The molecule has 0 radical (unpaired) electrons. The molecule has 118 valence electrons. The molecular formula is C19H18ClNO2. The second-order valence-electron chi connectivity index (χ2n) is 5.48. The maximum absolute atomic E-state index is 12.5. The quantitative estimate of drug-likeness (QED) is 0.904. The molecule has 0 saturated carbocycles. The highest BCUT2D eigenvalue weighted by Gasteiger charge is 2.20. The smallest absolute Gasteiger partial charge is 0.251 e. The van der Waals surface area contributed by atoms with E-state index in [0.29, 0.717) is 17.2 Å². The second-order valence-corrected chi connectivity index (χ2v) is 5.92. The Morgan fingerprint density at radius 2 is 1.96 bits per heavy atom. The molecule has 2 aromatic carbocycles. The molecule has 23 heavy (non-hydrogen) atoms. The van der Waals surface area contributed by atoms with Gasteiger partial charge in [0, 0.05) is 10.6 Å². The van der Waals surface area contributed by atoms with Gasteiger partial charge in [0.25, 0.3) is 5.91 Å². The number of amides is 1. The summed E-state index contributed by atoms with van der Waals surface area (Å²) in [5.41, 5.74) is 2.61. The molecule has 0 fully saturated rings. The molecule has 1 atom stereocenters. The molecule has 3 rings (SSSR count). The molecule has 1 unspecified atom stereocenters. The number of halogens is 1. The Bertz CT molecular complexity index is 737. The van der Waals surface area contributed by atoms with Crippen LogP contribution in [0.25, 0.3) is 6.08 Å². The van der Waals surface area contributed by atoms with Crippen LogP contribution in [-0.4, -0.2) is 12.5 Å². The van der Waals surface area contributed by atoms with Crippen molar-refractivity contribution in [2.45, 2.75) is 19.4 Å². The van der Waals surface area contributed by atoms with E-state index in [9.17, 15) is 4.79 Å². The Balaban J connectivity index is 1.76. The van der Waals surface area contributed by atoms with Crippen molar-refractivity contribution in [1.29, 1.82) is 0 Å². The number of benzene rings is 2. The van der Waals surface area contributed by atoms with E-state index in [4.69, 9.17) is 16.3 Å². The van der Waals surface area contributed by atoms with E-state index in [0.717, 1.165) is 23.3 Å². The summed E-state index contributed by atoms with van der Waals surface area (Å²) in [7, 11) is 0. The second kappa shape index (κ2) is 6.88. The Morgan fingerprint density at radius 1 is 1.22 bits per heavy atom. The van der Waals surface area contributed by atoms with Crippen LogP contribution in [0, 0.1) is 0 Å². The van der Waals surface area contributed by atoms with Crippen LogP contribution in [0.4, 0.5) is 0 Å². The summed E-state index contributed by atoms with van der Waals surface area (Å²) in [4.78, 5) is 12.5. The van der Waals surface area contributed by atoms with E-state index < -0.39 is 0 Å². The summed E-state index contributed by atoms with van der Waals surface area (Å²) < 4.78 is 5.65. The molecule has 2 aromatic rings. The first kappa shape index (κ1) is 15.6. The molecule has 0 spiro atoms. The average Bonchev–Trinajstić information content (AvgIpc) is 2.60. The first-order valence-electron chi connectivity index (χ1n) is 7.66. The molecule has 1 aliphatic rings. The highest BCUT2D eigenvalue weighted by Crippen LogP contribution is 2.26. The number of rotatable bonds is 4. The summed E-state index contributed by atoms with van der Waals surface area (Å²) in [6.45, 7) is 2.33. The molecule has 1 aliphatic heterocycles. The summed E-state index contributed by atoms with van der Waals surface area (Å²) in [5.74, 6) is 0.718. The normalized spacial score (nSPS) is 14.3. The number of ether oxygens (including phenoxy) is 1. The van der Waals surface area contributed by atoms with Gasteiger partial charge in [-0.1, -0.05) is 48.9 Å². The van der Waals surface area contributed by atoms with Crippen molar-refractivity contribution in [3.8, 4) is 5.75 Å². The number of carbonyl (C=O) groups is 1. The number of nitrogens with one attached hydrogen (secondary N) is 1. The zero-order chi connectivity index (χ0) is 16.2. The number of carbonyl (C=O) groups excluding carboxylic acids is 1. The Labute approximate surface area is 140 Å². The highest BCUT2D eigenvalue weighted by molar-refractivity contribution is 6.30. The van der Waals surface area contributed by atoms with Crippen molar-refractivity contribution in [3.05, 3.63) is 70.3 Å². The first-order valence-corrected chi connectivity index (χ1v) is 8.04. The SMILES string of the molecule is CCC(NC(=O)C1=Cc2ccccc2OC1)c1ccc(Cl)cc1. The third kappa shape index (κ3) is 3.57. The lowest BCUT2D eigenvalue weighted by Gasteiger charge is -2.21. The van der Waals surface area contributed by atoms with E-state index in [-0.39, 0.29) is 11.9 Å². The summed E-state index contributed by atoms with van der Waals surface area (Å²) in [5, 5.41) is 3.76. The summed E-state index contributed by atoms with van der Waals surface area (Å²) >= 11 is 5.92. The molecule has 0 saturated heterocycles. The predicted molar refractivity (Wildman–Crippen MR) is 92.5 cm³/mol. The van der Waals surface area contributed by atoms with Crippen molar-refractivity contribution in [2.24, 2.45) is 0 Å². The minimum atomic E-state index is -0.0960. The molecule has 0 bridgehead atoms. The fourth-order valence-electron chi connectivity index (χ4n) is 2.61. The molecule has 3 nitrogen and oxygen atoms in total. The molecule has 0 aliphatic carbocycles. The van der Waals surface area contributed by atoms with E-state index in [2.05, 4.69) is 5.32 Å². The minimum Gasteiger partial charge on any atom is -0.488 e. The fourth-order valence-corrected chi connectivity index (χ4v) is 2.74. The van der Waals surface area contributed by atoms with Gasteiger partial charge in [0.2, 0.25) is 0 Å². The van der Waals surface area contributed by atoms with Crippen LogP contribution in [0.1, 0.15) is 30.5 Å². The van der Waals surface area contributed by atoms with Crippen molar-refractivity contribution in [3.63, 3.8) is 0 Å². The van der Waals surface area contributed by atoms with Gasteiger partial charge in [-0.15, -0.1) is 0 Å². The van der Waals surface area contributed by atoms with Gasteiger partial charge in [-0.05, 0) is 36.3 Å². The van der Waals surface area contributed by atoms with Gasteiger partial charge in [-0.3, -0.25) is 4.79 Å². The third-order valence-electron chi connectivity index (χ3n) is 3.91. The van der Waals surface area contributed by atoms with Gasteiger partial charge in [0.15, 0.2) is 0 Å². The topological polar surface area (TPSA) is 38.3 Å². The van der Waals surface area contributed by atoms with Gasteiger partial charge < -0.3 is 10.1 Å². The highest BCUT2D eigenvalue weighted by atomic mass is 35.5. The lowest BCUT2D eigenvalue weighted by atomic mass is 10.0. The van der Waals surface area contributed by atoms with Gasteiger partial charge in [-0.25, -0.2) is 0 Å². The van der Waals surface area contributed by atoms with Gasteiger partial charge in [0.1, 0.15) is 12.4 Å². The number of hydrogen-bond acceptors (Lipinski definition) is 2. The Hall–Kier alpha value is -2.26. The maximum atomic E-state index is 12.5. The predicted octanol–water partition coefficient (Wildman–Crippen LogP) is 4.38. The van der Waals surface area contributed by atoms with Crippen molar-refractivity contribution in [2.75, 3.05) is 6.61 Å². The first-order chi connectivity index (χ1) is 11.2. The van der Waals surface area contributed by atoms with Crippen LogP contribution in [0.15, 0.2) is 54.1 Å². The van der Waals surface area contributed by atoms with Gasteiger partial charge in [-0.2, -0.15) is 0 Å². The largest absolute Gasteiger partial charge is 0.488 e. The molecule has 1 amide bonds. The fraction of sp³-hybridized carbons (Fsp3) is 0.211. The van der Waals surface area contributed by atoms with E-state index in [1.807, 2.05) is 61.5 Å². The van der Waals surface area contributed by atoms with Crippen LogP contribution < -0.4 is 10.1 Å². The van der Waals surface area contributed by atoms with Crippen molar-refractivity contribution >= 4 is 23.6 Å². The zero-order valence-corrected chi connectivity index (χ0v) is 13.6. The van der Waals surface area contributed by atoms with Crippen LogP contribution in [0.5, 0.6) is 5.75 Å².